The minimum atomic E-state index is -1.68. The Morgan fingerprint density at radius 2 is 1.45 bits per heavy atom. The van der Waals surface area contributed by atoms with Crippen LogP contribution in [0.4, 0.5) is 5.69 Å². The van der Waals surface area contributed by atoms with Crippen LogP contribution in [0, 0.1) is 11.8 Å². The molecule has 3 aromatic carbocycles. The summed E-state index contributed by atoms with van der Waals surface area (Å²) in [4.78, 5) is 111. The lowest BCUT2D eigenvalue weighted by molar-refractivity contribution is -0.144. The lowest BCUT2D eigenvalue weighted by Crippen LogP contribution is -2.60. The van der Waals surface area contributed by atoms with Gasteiger partial charge in [-0.15, -0.1) is 0 Å². The summed E-state index contributed by atoms with van der Waals surface area (Å²) in [6.45, 7) is 7.23. The molecule has 1 aliphatic heterocycles. The Kier molecular flexibility index (Phi) is 18.1. The van der Waals surface area contributed by atoms with Crippen molar-refractivity contribution in [3.8, 4) is 0 Å². The maximum atomic E-state index is 14.0. The summed E-state index contributed by atoms with van der Waals surface area (Å²) in [5.41, 5.74) is 18.0. The molecule has 64 heavy (non-hydrogen) atoms. The number of likely N-dealkylation sites (tertiary alicyclic amines) is 1. The van der Waals surface area contributed by atoms with E-state index in [1.807, 2.05) is 36.4 Å². The first-order valence-corrected chi connectivity index (χ1v) is 21.4. The van der Waals surface area contributed by atoms with Crippen molar-refractivity contribution in [1.82, 2.24) is 26.2 Å². The van der Waals surface area contributed by atoms with Crippen LogP contribution >= 0.6 is 0 Å². The molecule has 0 aliphatic carbocycles. The Morgan fingerprint density at radius 3 is 2.08 bits per heavy atom. The summed E-state index contributed by atoms with van der Waals surface area (Å²) in [6.07, 6.45) is 0.326. The first-order chi connectivity index (χ1) is 30.4. The van der Waals surface area contributed by atoms with Crippen LogP contribution in [-0.2, 0) is 40.0 Å². The number of hydrogen-bond acceptors (Lipinski definition) is 9. The molecule has 0 bridgehead atoms. The molecule has 0 radical (unpaired) electrons. The number of nitrogens with two attached hydrogens (primary N) is 3. The van der Waals surface area contributed by atoms with Crippen LogP contribution in [0.15, 0.2) is 71.7 Å². The lowest BCUT2D eigenvalue weighted by atomic mass is 9.96. The molecule has 3 aromatic rings. The summed E-state index contributed by atoms with van der Waals surface area (Å²) < 4.78 is 0. The first-order valence-electron chi connectivity index (χ1n) is 21.4. The van der Waals surface area contributed by atoms with E-state index in [0.29, 0.717) is 29.7 Å². The topological polar surface area (TPSA) is 311 Å². The highest BCUT2D eigenvalue weighted by molar-refractivity contribution is 6.06. The number of guanidine groups is 1. The second-order valence-corrected chi connectivity index (χ2v) is 16.1. The summed E-state index contributed by atoms with van der Waals surface area (Å²) in [5, 5.41) is 24.9. The first kappa shape index (κ1) is 49.6. The molecule has 0 saturated carbocycles. The number of carboxylic acids is 1. The number of primary amides is 1. The Morgan fingerprint density at radius 1 is 0.812 bits per heavy atom. The van der Waals surface area contributed by atoms with Crippen molar-refractivity contribution in [1.29, 1.82) is 0 Å². The Bertz CT molecular complexity index is 2210. The average Bonchev–Trinajstić information content (AvgIpc) is 3.60. The molecule has 19 heteroatoms. The zero-order chi connectivity index (χ0) is 47.1. The van der Waals surface area contributed by atoms with E-state index in [2.05, 4.69) is 31.6 Å². The lowest BCUT2D eigenvalue weighted by Gasteiger charge is -2.33. The normalized spacial score (nSPS) is 16.3. The number of carboxylic acid groups (broad SMARTS) is 1. The van der Waals surface area contributed by atoms with Crippen molar-refractivity contribution in [2.75, 3.05) is 18.4 Å². The largest absolute Gasteiger partial charge is 0.481 e. The molecule has 4 rings (SSSR count). The summed E-state index contributed by atoms with van der Waals surface area (Å²) in [7, 11) is 0. The number of carbonyl (C=O) groups is 8. The molecule has 1 saturated heterocycles. The van der Waals surface area contributed by atoms with Gasteiger partial charge in [0, 0.05) is 24.3 Å². The number of benzene rings is 3. The maximum absolute atomic E-state index is 14.0. The number of nitrogens with one attached hydrogen (secondary N) is 5. The van der Waals surface area contributed by atoms with E-state index in [9.17, 15) is 43.5 Å². The second-order valence-electron chi connectivity index (χ2n) is 16.1. The smallest absolute Gasteiger partial charge is 0.305 e. The van der Waals surface area contributed by atoms with Gasteiger partial charge in [-0.3, -0.25) is 43.3 Å². The van der Waals surface area contributed by atoms with E-state index in [-0.39, 0.29) is 56.6 Å². The number of amides is 7. The fraction of sp³-hybridized carbons (Fsp3) is 0.444. The Balaban J connectivity index is 1.40. The SMILES string of the molecule is CC[C@H](C)[C@H](NC(=O)[C@H](CCCN=C(N)N)NC(=O)[C@H](CC(=O)O)NC(=O)[C@H]([C@@H](C)CC)N1CC[C@@H](NC(=O)Cc2ccc(NC(=O)c3ccc4ccccc4c3)cc2)C1=O)C(N)=O. The number of hydrogen-bond donors (Lipinski definition) is 9. The minimum Gasteiger partial charge on any atom is -0.481 e. The summed E-state index contributed by atoms with van der Waals surface area (Å²) >= 11 is 0. The molecular formula is C45H60N10O9. The van der Waals surface area contributed by atoms with Gasteiger partial charge in [0.2, 0.25) is 35.4 Å². The molecule has 19 nitrogen and oxygen atoms in total. The summed E-state index contributed by atoms with van der Waals surface area (Å²) in [6, 6.07) is 13.7. The van der Waals surface area contributed by atoms with Crippen molar-refractivity contribution in [2.24, 2.45) is 34.0 Å². The van der Waals surface area contributed by atoms with Gasteiger partial charge in [0.15, 0.2) is 5.96 Å². The van der Waals surface area contributed by atoms with Gasteiger partial charge in [-0.2, -0.15) is 0 Å². The highest BCUT2D eigenvalue weighted by atomic mass is 16.4. The number of aliphatic imine (C=N–C) groups is 1. The molecule has 0 spiro atoms. The minimum absolute atomic E-state index is 0.0325. The van der Waals surface area contributed by atoms with Crippen LogP contribution in [0.3, 0.4) is 0 Å². The van der Waals surface area contributed by atoms with Crippen molar-refractivity contribution in [3.05, 3.63) is 77.9 Å². The fourth-order valence-corrected chi connectivity index (χ4v) is 7.38. The van der Waals surface area contributed by atoms with Crippen LogP contribution < -0.4 is 43.8 Å². The van der Waals surface area contributed by atoms with Crippen molar-refractivity contribution < 1.29 is 43.5 Å². The number of carbonyl (C=O) groups excluding carboxylic acids is 7. The van der Waals surface area contributed by atoms with Gasteiger partial charge in [-0.05, 0) is 71.7 Å². The number of nitrogens with zero attached hydrogens (tertiary/aromatic N) is 2. The second kappa shape index (κ2) is 23.4. The van der Waals surface area contributed by atoms with Crippen molar-refractivity contribution in [3.63, 3.8) is 0 Å². The Labute approximate surface area is 371 Å². The molecule has 1 fully saturated rings. The highest BCUT2D eigenvalue weighted by Gasteiger charge is 2.43. The van der Waals surface area contributed by atoms with Gasteiger partial charge in [0.1, 0.15) is 30.2 Å². The zero-order valence-electron chi connectivity index (χ0n) is 36.6. The molecule has 7 amide bonds. The van der Waals surface area contributed by atoms with Crippen molar-refractivity contribution in [2.45, 2.75) is 103 Å². The van der Waals surface area contributed by atoms with Gasteiger partial charge in [-0.1, -0.05) is 83.0 Å². The number of aliphatic carboxylic acids is 1. The summed E-state index contributed by atoms with van der Waals surface area (Å²) in [5.74, 6) is -7.05. The number of anilines is 1. The van der Waals surface area contributed by atoms with Crippen LogP contribution in [0.2, 0.25) is 0 Å². The third-order valence-corrected chi connectivity index (χ3v) is 11.4. The van der Waals surface area contributed by atoms with Gasteiger partial charge >= 0.3 is 5.97 Å². The van der Waals surface area contributed by atoms with Crippen LogP contribution in [0.25, 0.3) is 10.8 Å². The monoisotopic (exact) mass is 884 g/mol. The van der Waals surface area contributed by atoms with E-state index < -0.39 is 84.0 Å². The van der Waals surface area contributed by atoms with E-state index in [1.165, 1.54) is 4.90 Å². The van der Waals surface area contributed by atoms with E-state index in [4.69, 9.17) is 17.2 Å². The quantitative estimate of drug-likeness (QED) is 0.0371. The predicted molar refractivity (Wildman–Crippen MR) is 240 cm³/mol. The molecular weight excluding hydrogens is 825 g/mol. The van der Waals surface area contributed by atoms with Gasteiger partial charge in [-0.25, -0.2) is 0 Å². The van der Waals surface area contributed by atoms with Gasteiger partial charge in [0.05, 0.1) is 12.8 Å². The van der Waals surface area contributed by atoms with E-state index >= 15 is 0 Å². The molecule has 344 valence electrons. The molecule has 12 N–H and O–H groups in total. The zero-order valence-corrected chi connectivity index (χ0v) is 36.6. The number of fused-ring (bicyclic) bond motifs is 1. The van der Waals surface area contributed by atoms with E-state index in [1.54, 1.807) is 58.0 Å². The van der Waals surface area contributed by atoms with Crippen LogP contribution in [0.1, 0.15) is 82.1 Å². The van der Waals surface area contributed by atoms with Crippen molar-refractivity contribution >= 4 is 69.7 Å². The third-order valence-electron chi connectivity index (χ3n) is 11.4. The maximum Gasteiger partial charge on any atom is 0.305 e. The molecule has 1 aliphatic rings. The van der Waals surface area contributed by atoms with Crippen LogP contribution in [0.5, 0.6) is 0 Å². The molecule has 0 unspecified atom stereocenters. The highest BCUT2D eigenvalue weighted by Crippen LogP contribution is 2.23. The average molecular weight is 885 g/mol. The fourth-order valence-electron chi connectivity index (χ4n) is 7.38. The standard InChI is InChI=1S/C45H60N10O9/c1-5-25(3)37(39(46)59)54-41(61)32(12-9-20-49-45(47)48)52-42(62)34(24-36(57)58)53-43(63)38(26(4)6-2)55-21-19-33(44(55)64)51-35(56)22-27-13-17-31(18-14-27)50-40(60)30-16-15-28-10-7-8-11-29(28)23-30/h7-8,10-11,13-18,23,25-26,32-34,37-38H,5-6,9,12,19-22,24H2,1-4H3,(H2,46,59)(H,50,60)(H,51,56)(H,52,62)(H,53,63)(H,54,61)(H,57,58)(H4,47,48,49)/t25-,26-,32-,33+,34-,37-,38-/m0/s1. The van der Waals surface area contributed by atoms with Gasteiger partial charge < -0.3 is 53.8 Å². The predicted octanol–water partition coefficient (Wildman–Crippen LogP) is 1.28. The van der Waals surface area contributed by atoms with Gasteiger partial charge in [0.25, 0.3) is 5.91 Å². The van der Waals surface area contributed by atoms with E-state index in [0.717, 1.165) is 10.8 Å². The third kappa shape index (κ3) is 14.0. The number of rotatable bonds is 23. The molecule has 0 aromatic heterocycles. The molecule has 1 heterocycles. The van der Waals surface area contributed by atoms with Crippen LogP contribution in [-0.4, -0.2) is 107 Å². The Hall–Kier alpha value is -7.05. The molecule has 7 atom stereocenters.